The van der Waals surface area contributed by atoms with Gasteiger partial charge < -0.3 is 4.74 Å². The van der Waals surface area contributed by atoms with E-state index in [-0.39, 0.29) is 17.5 Å². The lowest BCUT2D eigenvalue weighted by Gasteiger charge is -2.27. The maximum absolute atomic E-state index is 15.0. The highest BCUT2D eigenvalue weighted by Gasteiger charge is 2.25. The molecule has 1 aliphatic carbocycles. The Morgan fingerprint density at radius 2 is 1.61 bits per heavy atom. The Kier molecular flexibility index (Phi) is 7.22. The number of halogens is 3. The summed E-state index contributed by atoms with van der Waals surface area (Å²) in [5, 5.41) is 0. The molecule has 0 aliphatic heterocycles. The van der Waals surface area contributed by atoms with E-state index in [9.17, 15) is 13.2 Å². The lowest BCUT2D eigenvalue weighted by Crippen LogP contribution is -2.13. The first-order valence-corrected chi connectivity index (χ1v) is 11.6. The minimum atomic E-state index is -0.768. The third kappa shape index (κ3) is 5.32. The molecule has 0 amide bonds. The maximum atomic E-state index is 15.0. The average molecular weight is 451 g/mol. The summed E-state index contributed by atoms with van der Waals surface area (Å²) in [6.45, 7) is 4.21. The van der Waals surface area contributed by atoms with Crippen LogP contribution in [0.1, 0.15) is 55.2 Å². The van der Waals surface area contributed by atoms with Gasteiger partial charge in [-0.25, -0.2) is 13.2 Å². The second-order valence-electron chi connectivity index (χ2n) is 8.79. The molecule has 1 nitrogen and oxygen atoms in total. The van der Waals surface area contributed by atoms with Crippen molar-refractivity contribution >= 4 is 6.08 Å². The van der Waals surface area contributed by atoms with Crippen molar-refractivity contribution in [2.24, 2.45) is 5.92 Å². The van der Waals surface area contributed by atoms with E-state index in [0.717, 1.165) is 36.8 Å². The molecule has 1 saturated carbocycles. The Balaban J connectivity index is 1.40. The smallest absolute Gasteiger partial charge is 0.166 e. The molecule has 0 spiro atoms. The molecule has 1 fully saturated rings. The largest absolute Gasteiger partial charge is 0.491 e. The molecule has 3 aromatic rings. The second kappa shape index (κ2) is 10.3. The predicted molar refractivity (Wildman–Crippen MR) is 128 cm³/mol. The van der Waals surface area contributed by atoms with Crippen molar-refractivity contribution in [3.8, 4) is 16.9 Å². The molecule has 172 valence electrons. The van der Waals surface area contributed by atoms with E-state index in [1.54, 1.807) is 18.2 Å². The van der Waals surface area contributed by atoms with Crippen LogP contribution in [0, 0.1) is 30.3 Å². The predicted octanol–water partition coefficient (Wildman–Crippen LogP) is 8.47. The van der Waals surface area contributed by atoms with Crippen molar-refractivity contribution in [3.05, 3.63) is 94.8 Å². The molecule has 0 radical (unpaired) electrons. The molecule has 0 bridgehead atoms. The van der Waals surface area contributed by atoms with Crippen molar-refractivity contribution < 1.29 is 17.9 Å². The van der Waals surface area contributed by atoms with E-state index in [2.05, 4.69) is 6.08 Å². The second-order valence-corrected chi connectivity index (χ2v) is 8.79. The van der Waals surface area contributed by atoms with Crippen LogP contribution in [0.2, 0.25) is 0 Å². The van der Waals surface area contributed by atoms with Gasteiger partial charge in [-0.1, -0.05) is 60.2 Å². The van der Waals surface area contributed by atoms with Crippen LogP contribution >= 0.6 is 0 Å². The van der Waals surface area contributed by atoms with E-state index >= 15 is 0 Å². The fourth-order valence-corrected chi connectivity index (χ4v) is 4.60. The number of hydrogen-bond acceptors (Lipinski definition) is 1. The standard InChI is InChI=1S/C29H29F3O/c1-3-33-27-17-10-21(18-26(27)30)7-6-20-8-13-23(14-9-20)25-16-15-24(28(31)29(25)32)22-11-4-19(2)5-12-22/h4-7,10-12,15-18,20,23H,3,8-9,13-14H2,1-2H3/b7-6+. The summed E-state index contributed by atoms with van der Waals surface area (Å²) in [6, 6.07) is 15.8. The molecule has 33 heavy (non-hydrogen) atoms. The van der Waals surface area contributed by atoms with Gasteiger partial charge in [0.1, 0.15) is 0 Å². The molecule has 0 heterocycles. The number of hydrogen-bond donors (Lipinski definition) is 0. The van der Waals surface area contributed by atoms with Crippen molar-refractivity contribution in [1.29, 1.82) is 0 Å². The monoisotopic (exact) mass is 450 g/mol. The summed E-state index contributed by atoms with van der Waals surface area (Å²) in [5.41, 5.74) is 3.32. The average Bonchev–Trinajstić information content (AvgIpc) is 2.82. The van der Waals surface area contributed by atoms with Crippen LogP contribution in [0.4, 0.5) is 13.2 Å². The number of ether oxygens (including phenoxy) is 1. The van der Waals surface area contributed by atoms with Crippen LogP contribution in [0.25, 0.3) is 17.2 Å². The highest BCUT2D eigenvalue weighted by atomic mass is 19.2. The molecule has 1 aliphatic rings. The number of allylic oxidation sites excluding steroid dienone is 1. The zero-order valence-corrected chi connectivity index (χ0v) is 19.1. The molecule has 4 heteroatoms. The molecule has 3 aromatic carbocycles. The van der Waals surface area contributed by atoms with E-state index < -0.39 is 11.6 Å². The van der Waals surface area contributed by atoms with Crippen LogP contribution in [0.3, 0.4) is 0 Å². The van der Waals surface area contributed by atoms with Gasteiger partial charge in [0.2, 0.25) is 0 Å². The Bertz CT molecular complexity index is 1130. The summed E-state index contributed by atoms with van der Waals surface area (Å²) in [5.74, 6) is -1.24. The summed E-state index contributed by atoms with van der Waals surface area (Å²) in [6.07, 6.45) is 7.41. The van der Waals surface area contributed by atoms with Crippen LogP contribution < -0.4 is 4.74 Å². The molecule has 0 aromatic heterocycles. The van der Waals surface area contributed by atoms with Gasteiger partial charge in [-0.15, -0.1) is 0 Å². The Labute approximate surface area is 193 Å². The lowest BCUT2D eigenvalue weighted by molar-refractivity contribution is 0.321. The van der Waals surface area contributed by atoms with Gasteiger partial charge in [-0.2, -0.15) is 0 Å². The zero-order valence-electron chi connectivity index (χ0n) is 19.1. The topological polar surface area (TPSA) is 9.23 Å². The van der Waals surface area contributed by atoms with Crippen LogP contribution in [-0.4, -0.2) is 6.61 Å². The van der Waals surface area contributed by atoms with E-state index in [4.69, 9.17) is 4.74 Å². The van der Waals surface area contributed by atoms with E-state index in [0.29, 0.717) is 29.2 Å². The van der Waals surface area contributed by atoms with Gasteiger partial charge in [0.15, 0.2) is 23.2 Å². The number of aryl methyl sites for hydroxylation is 1. The van der Waals surface area contributed by atoms with Crippen molar-refractivity contribution in [2.75, 3.05) is 6.61 Å². The van der Waals surface area contributed by atoms with Crippen molar-refractivity contribution in [3.63, 3.8) is 0 Å². The minimum Gasteiger partial charge on any atom is -0.491 e. The van der Waals surface area contributed by atoms with Gasteiger partial charge >= 0.3 is 0 Å². The SMILES string of the molecule is CCOc1ccc(/C=C/C2CCC(c3ccc(-c4ccc(C)cc4)c(F)c3F)CC2)cc1F. The zero-order chi connectivity index (χ0) is 23.4. The van der Waals surface area contributed by atoms with Gasteiger partial charge in [-0.05, 0) is 80.2 Å². The Hall–Kier alpha value is -3.01. The number of rotatable bonds is 6. The van der Waals surface area contributed by atoms with Crippen molar-refractivity contribution in [1.82, 2.24) is 0 Å². The maximum Gasteiger partial charge on any atom is 0.166 e. The fraction of sp³-hybridized carbons (Fsp3) is 0.310. The molecular formula is C29H29F3O. The summed E-state index contributed by atoms with van der Waals surface area (Å²) >= 11 is 0. The highest BCUT2D eigenvalue weighted by molar-refractivity contribution is 5.65. The van der Waals surface area contributed by atoms with Crippen molar-refractivity contribution in [2.45, 2.75) is 45.4 Å². The normalized spacial score (nSPS) is 18.6. The summed E-state index contributed by atoms with van der Waals surface area (Å²) in [7, 11) is 0. The van der Waals surface area contributed by atoms with Crippen LogP contribution in [0.15, 0.2) is 60.7 Å². The van der Waals surface area contributed by atoms with Crippen LogP contribution in [0.5, 0.6) is 5.75 Å². The van der Waals surface area contributed by atoms with Gasteiger partial charge in [0.05, 0.1) is 6.61 Å². The summed E-state index contributed by atoms with van der Waals surface area (Å²) < 4.78 is 49.1. The number of benzene rings is 3. The van der Waals surface area contributed by atoms with E-state index in [1.165, 1.54) is 6.07 Å². The summed E-state index contributed by atoms with van der Waals surface area (Å²) in [4.78, 5) is 0. The minimum absolute atomic E-state index is 0.0131. The highest BCUT2D eigenvalue weighted by Crippen LogP contribution is 2.39. The van der Waals surface area contributed by atoms with Gasteiger partial charge in [0, 0.05) is 5.56 Å². The molecular weight excluding hydrogens is 421 g/mol. The third-order valence-corrected chi connectivity index (χ3v) is 6.50. The van der Waals surface area contributed by atoms with Crippen LogP contribution in [-0.2, 0) is 0 Å². The molecule has 0 unspecified atom stereocenters. The molecule has 0 N–H and O–H groups in total. The molecule has 4 rings (SSSR count). The van der Waals surface area contributed by atoms with E-state index in [1.807, 2.05) is 50.3 Å². The first-order chi connectivity index (χ1) is 16.0. The van der Waals surface area contributed by atoms with Gasteiger partial charge in [-0.3, -0.25) is 0 Å². The third-order valence-electron chi connectivity index (χ3n) is 6.50. The quantitative estimate of drug-likeness (QED) is 0.366. The molecule has 0 saturated heterocycles. The van der Waals surface area contributed by atoms with Gasteiger partial charge in [0.25, 0.3) is 0 Å². The Morgan fingerprint density at radius 3 is 2.27 bits per heavy atom. The lowest BCUT2D eigenvalue weighted by atomic mass is 9.78. The first kappa shape index (κ1) is 23.2. The first-order valence-electron chi connectivity index (χ1n) is 11.6. The molecule has 0 atom stereocenters. The fourth-order valence-electron chi connectivity index (χ4n) is 4.60. The Morgan fingerprint density at radius 1 is 0.879 bits per heavy atom.